The second kappa shape index (κ2) is 9.84. The van der Waals surface area contributed by atoms with Gasteiger partial charge in [-0.25, -0.2) is 9.71 Å². The second-order valence-electron chi connectivity index (χ2n) is 6.15. The van der Waals surface area contributed by atoms with Crippen molar-refractivity contribution in [2.45, 2.75) is 13.0 Å². The molecule has 29 heavy (non-hydrogen) atoms. The van der Waals surface area contributed by atoms with Crippen molar-refractivity contribution in [1.82, 2.24) is 24.7 Å². The van der Waals surface area contributed by atoms with E-state index >= 15 is 0 Å². The highest BCUT2D eigenvalue weighted by atomic mass is 32.2. The fourth-order valence-electron chi connectivity index (χ4n) is 2.59. The number of hydrogen-bond donors (Lipinski definition) is 4. The fourth-order valence-corrected chi connectivity index (χ4v) is 3.45. The summed E-state index contributed by atoms with van der Waals surface area (Å²) in [4.78, 5) is 18.8. The SMILES string of the molecule is O=C(C#Cc1ccccc1)NCCCNS(=O)(=O)NCc1ccnc2[nH]ccc12. The molecule has 4 N–H and O–H groups in total. The highest BCUT2D eigenvalue weighted by Crippen LogP contribution is 2.14. The first kappa shape index (κ1) is 20.5. The van der Waals surface area contributed by atoms with E-state index in [-0.39, 0.29) is 13.1 Å². The molecule has 3 aromatic rings. The number of aromatic amines is 1. The lowest BCUT2D eigenvalue weighted by molar-refractivity contribution is -0.115. The smallest absolute Gasteiger partial charge is 0.296 e. The maximum Gasteiger partial charge on any atom is 0.296 e. The summed E-state index contributed by atoms with van der Waals surface area (Å²) in [5.74, 6) is 4.86. The van der Waals surface area contributed by atoms with E-state index in [0.29, 0.717) is 18.6 Å². The van der Waals surface area contributed by atoms with Crippen LogP contribution in [0.3, 0.4) is 0 Å². The van der Waals surface area contributed by atoms with Crippen LogP contribution in [-0.2, 0) is 21.5 Å². The zero-order chi connectivity index (χ0) is 20.5. The molecule has 1 aromatic carbocycles. The van der Waals surface area contributed by atoms with Gasteiger partial charge < -0.3 is 10.3 Å². The Morgan fingerprint density at radius 3 is 2.72 bits per heavy atom. The number of nitrogens with zero attached hydrogens (tertiary/aromatic N) is 1. The van der Waals surface area contributed by atoms with Gasteiger partial charge in [0.2, 0.25) is 0 Å². The number of aromatic nitrogens is 2. The Kier molecular flexibility index (Phi) is 6.97. The lowest BCUT2D eigenvalue weighted by atomic mass is 10.2. The Bertz CT molecular complexity index is 1130. The molecule has 0 bridgehead atoms. The predicted octanol–water partition coefficient (Wildman–Crippen LogP) is 1.04. The van der Waals surface area contributed by atoms with Crippen LogP contribution in [-0.4, -0.2) is 37.4 Å². The average molecular weight is 411 g/mol. The summed E-state index contributed by atoms with van der Waals surface area (Å²) in [7, 11) is -3.65. The summed E-state index contributed by atoms with van der Waals surface area (Å²) >= 11 is 0. The van der Waals surface area contributed by atoms with Gasteiger partial charge in [0.1, 0.15) is 5.65 Å². The summed E-state index contributed by atoms with van der Waals surface area (Å²) in [6.45, 7) is 0.662. The zero-order valence-electron chi connectivity index (χ0n) is 15.6. The number of amides is 1. The number of H-pyrrole nitrogens is 1. The van der Waals surface area contributed by atoms with Gasteiger partial charge in [-0.1, -0.05) is 24.1 Å². The molecule has 2 heterocycles. The van der Waals surface area contributed by atoms with E-state index < -0.39 is 16.1 Å². The van der Waals surface area contributed by atoms with Crippen LogP contribution in [0.5, 0.6) is 0 Å². The van der Waals surface area contributed by atoms with Crippen LogP contribution < -0.4 is 14.8 Å². The number of nitrogens with one attached hydrogen (secondary N) is 4. The van der Waals surface area contributed by atoms with Crippen LogP contribution in [0, 0.1) is 11.8 Å². The molecule has 0 atom stereocenters. The Morgan fingerprint density at radius 2 is 1.90 bits per heavy atom. The number of benzene rings is 1. The molecule has 9 heteroatoms. The number of rotatable bonds is 8. The number of hydrogen-bond acceptors (Lipinski definition) is 4. The highest BCUT2D eigenvalue weighted by molar-refractivity contribution is 7.87. The number of fused-ring (bicyclic) bond motifs is 1. The maximum absolute atomic E-state index is 12.1. The molecule has 0 radical (unpaired) electrons. The third-order valence-corrected chi connectivity index (χ3v) is 5.14. The lowest BCUT2D eigenvalue weighted by Crippen LogP contribution is -2.37. The molecular weight excluding hydrogens is 390 g/mol. The monoisotopic (exact) mass is 411 g/mol. The molecule has 0 spiro atoms. The molecule has 150 valence electrons. The molecular formula is C20H21N5O3S. The average Bonchev–Trinajstić information content (AvgIpc) is 3.21. The molecule has 0 aliphatic carbocycles. The van der Waals surface area contributed by atoms with E-state index in [1.807, 2.05) is 36.4 Å². The molecule has 1 amide bonds. The Labute approximate surface area is 169 Å². The molecule has 3 rings (SSSR count). The van der Waals surface area contributed by atoms with Gasteiger partial charge in [-0.3, -0.25) is 4.79 Å². The second-order valence-corrected chi connectivity index (χ2v) is 7.74. The largest absolute Gasteiger partial charge is 0.346 e. The van der Waals surface area contributed by atoms with Crippen molar-refractivity contribution in [3.05, 3.63) is 66.0 Å². The van der Waals surface area contributed by atoms with Crippen molar-refractivity contribution in [2.75, 3.05) is 13.1 Å². The molecule has 0 fully saturated rings. The molecule has 0 saturated carbocycles. The number of carbonyl (C=O) groups is 1. The van der Waals surface area contributed by atoms with E-state index in [9.17, 15) is 13.2 Å². The standard InChI is InChI=1S/C20H21N5O3S/c26-19(8-7-16-5-2-1-3-6-16)21-11-4-12-24-29(27,28)25-15-17-9-13-22-20-18(17)10-14-23-20/h1-3,5-6,9-10,13-14,24-25H,4,11-12,15H2,(H,21,26)(H,22,23). The first-order valence-electron chi connectivity index (χ1n) is 9.04. The van der Waals surface area contributed by atoms with Gasteiger partial charge in [0.15, 0.2) is 0 Å². The lowest BCUT2D eigenvalue weighted by Gasteiger charge is -2.09. The van der Waals surface area contributed by atoms with E-state index in [4.69, 9.17) is 0 Å². The number of pyridine rings is 1. The van der Waals surface area contributed by atoms with Gasteiger partial charge >= 0.3 is 0 Å². The highest BCUT2D eigenvalue weighted by Gasteiger charge is 2.10. The summed E-state index contributed by atoms with van der Waals surface area (Å²) in [5, 5.41) is 3.51. The van der Waals surface area contributed by atoms with Crippen molar-refractivity contribution in [3.63, 3.8) is 0 Å². The van der Waals surface area contributed by atoms with Crippen molar-refractivity contribution >= 4 is 27.1 Å². The summed E-state index contributed by atoms with van der Waals surface area (Å²) in [6.07, 6.45) is 3.82. The summed E-state index contributed by atoms with van der Waals surface area (Å²) in [5.41, 5.74) is 2.29. The van der Waals surface area contributed by atoms with E-state index in [2.05, 4.69) is 36.6 Å². The van der Waals surface area contributed by atoms with E-state index in [1.54, 1.807) is 18.5 Å². The molecule has 0 saturated heterocycles. The third-order valence-electron chi connectivity index (χ3n) is 4.03. The minimum absolute atomic E-state index is 0.151. The van der Waals surface area contributed by atoms with Crippen molar-refractivity contribution in [3.8, 4) is 11.8 Å². The van der Waals surface area contributed by atoms with Gasteiger partial charge in [-0.15, -0.1) is 0 Å². The Morgan fingerprint density at radius 1 is 1.07 bits per heavy atom. The fraction of sp³-hybridized carbons (Fsp3) is 0.200. The van der Waals surface area contributed by atoms with E-state index in [0.717, 1.165) is 16.5 Å². The first-order chi connectivity index (χ1) is 14.0. The summed E-state index contributed by atoms with van der Waals surface area (Å²) in [6, 6.07) is 12.8. The quantitative estimate of drug-likeness (QED) is 0.327. The molecule has 0 aliphatic rings. The molecule has 2 aromatic heterocycles. The Hall–Kier alpha value is -3.19. The van der Waals surface area contributed by atoms with Crippen molar-refractivity contribution in [1.29, 1.82) is 0 Å². The van der Waals surface area contributed by atoms with E-state index in [1.165, 1.54) is 0 Å². The topological polar surface area (TPSA) is 116 Å². The summed E-state index contributed by atoms with van der Waals surface area (Å²) < 4.78 is 29.1. The van der Waals surface area contributed by atoms with Gasteiger partial charge in [-0.05, 0) is 36.2 Å². The van der Waals surface area contributed by atoms with Crippen LogP contribution >= 0.6 is 0 Å². The third kappa shape index (κ3) is 6.43. The van der Waals surface area contributed by atoms with Crippen LogP contribution in [0.25, 0.3) is 11.0 Å². The predicted molar refractivity (Wildman–Crippen MR) is 111 cm³/mol. The van der Waals surface area contributed by atoms with Gasteiger partial charge in [0.25, 0.3) is 16.1 Å². The molecule has 0 aliphatic heterocycles. The minimum Gasteiger partial charge on any atom is -0.346 e. The van der Waals surface area contributed by atoms with Crippen LogP contribution in [0.1, 0.15) is 17.5 Å². The first-order valence-corrected chi connectivity index (χ1v) is 10.5. The van der Waals surface area contributed by atoms with Crippen LogP contribution in [0.4, 0.5) is 0 Å². The minimum atomic E-state index is -3.65. The Balaban J connectivity index is 1.37. The van der Waals surface area contributed by atoms with Crippen molar-refractivity contribution in [2.24, 2.45) is 0 Å². The van der Waals surface area contributed by atoms with Crippen LogP contribution in [0.15, 0.2) is 54.9 Å². The van der Waals surface area contributed by atoms with Gasteiger partial charge in [0.05, 0.1) is 0 Å². The van der Waals surface area contributed by atoms with Gasteiger partial charge in [-0.2, -0.15) is 13.1 Å². The maximum atomic E-state index is 12.1. The zero-order valence-corrected chi connectivity index (χ0v) is 16.4. The van der Waals surface area contributed by atoms with Gasteiger partial charge in [0, 0.05) is 48.9 Å². The van der Waals surface area contributed by atoms with Crippen LogP contribution in [0.2, 0.25) is 0 Å². The molecule has 0 unspecified atom stereocenters. The van der Waals surface area contributed by atoms with Crippen molar-refractivity contribution < 1.29 is 13.2 Å². The molecule has 8 nitrogen and oxygen atoms in total. The number of carbonyl (C=O) groups excluding carboxylic acids is 1. The normalized spacial score (nSPS) is 11.0.